The Bertz CT molecular complexity index is 856. The number of benzene rings is 1. The molecule has 26 heavy (non-hydrogen) atoms. The van der Waals surface area contributed by atoms with E-state index in [1.54, 1.807) is 22.8 Å². The van der Waals surface area contributed by atoms with Gasteiger partial charge in [0.1, 0.15) is 11.3 Å². The minimum Gasteiger partial charge on any atom is -1.00 e. The number of piperidine rings is 1. The van der Waals surface area contributed by atoms with Crippen LogP contribution in [0, 0.1) is 6.92 Å². The zero-order valence-corrected chi connectivity index (χ0v) is 19.5. The van der Waals surface area contributed by atoms with Crippen LogP contribution in [-0.4, -0.2) is 33.8 Å². The Hall–Kier alpha value is -0.600. The van der Waals surface area contributed by atoms with E-state index < -0.39 is 11.4 Å². The molecular formula is C18H22N2Na2O4. The summed E-state index contributed by atoms with van der Waals surface area (Å²) in [6.45, 7) is 3.55. The van der Waals surface area contributed by atoms with Gasteiger partial charge in [0, 0.05) is 36.1 Å². The maximum Gasteiger partial charge on any atom is 1.00 e. The third-order valence-electron chi connectivity index (χ3n) is 4.47. The Morgan fingerprint density at radius 2 is 2.04 bits per heavy atom. The van der Waals surface area contributed by atoms with Crippen molar-refractivity contribution in [1.29, 1.82) is 0 Å². The molecule has 1 fully saturated rings. The third-order valence-corrected chi connectivity index (χ3v) is 4.47. The molecule has 0 radical (unpaired) electrons. The summed E-state index contributed by atoms with van der Waals surface area (Å²) in [6, 6.07) is 6.36. The number of phenolic OH excluding ortho intramolecular Hbond substituents is 1. The normalized spacial score (nSPS) is 16.3. The molecule has 0 bridgehead atoms. The van der Waals surface area contributed by atoms with Crippen molar-refractivity contribution in [1.82, 2.24) is 9.88 Å². The van der Waals surface area contributed by atoms with Crippen molar-refractivity contribution < 1.29 is 77.0 Å². The number of carboxylic acids is 1. The van der Waals surface area contributed by atoms with E-state index >= 15 is 0 Å². The molecule has 6 nitrogen and oxygen atoms in total. The summed E-state index contributed by atoms with van der Waals surface area (Å²) in [5.41, 5.74) is 1.63. The van der Waals surface area contributed by atoms with E-state index in [0.717, 1.165) is 42.9 Å². The maximum atomic E-state index is 12.2. The summed E-state index contributed by atoms with van der Waals surface area (Å²) in [7, 11) is 0. The summed E-state index contributed by atoms with van der Waals surface area (Å²) in [5.74, 6) is -0.947. The van der Waals surface area contributed by atoms with Crippen molar-refractivity contribution >= 4 is 5.97 Å². The zero-order chi connectivity index (χ0) is 17.3. The predicted molar refractivity (Wildman–Crippen MR) is 92.5 cm³/mol. The van der Waals surface area contributed by atoms with E-state index in [-0.39, 0.29) is 79.2 Å². The molecule has 3 N–H and O–H groups in total. The number of nitrogens with zero attached hydrogens (tertiary/aromatic N) is 1. The van der Waals surface area contributed by atoms with Gasteiger partial charge in [0.05, 0.1) is 0 Å². The molecule has 1 aromatic carbocycles. The second-order valence-electron chi connectivity index (χ2n) is 6.17. The average Bonchev–Trinajstić information content (AvgIpc) is 2.55. The Morgan fingerprint density at radius 3 is 2.62 bits per heavy atom. The standard InChI is InChI=1S/C18H20N2O4.2Na.2H/c1-11-7-13(21)4-5-15(11)20-10-14(18(23)24)17(22)8-16(20)12-3-2-6-19-9-12;;;;/h4-5,7-8,10,12,19,21H,2-3,6,9H2,1H3,(H,23,24);;;;/q;2*+1;2*-1. The van der Waals surface area contributed by atoms with Crippen molar-refractivity contribution in [3.63, 3.8) is 0 Å². The molecule has 1 atom stereocenters. The fourth-order valence-electron chi connectivity index (χ4n) is 3.25. The first kappa shape index (κ1) is 23.4. The fraction of sp³-hybridized carbons (Fsp3) is 0.333. The van der Waals surface area contributed by atoms with E-state index in [4.69, 9.17) is 0 Å². The minimum absolute atomic E-state index is 0. The summed E-state index contributed by atoms with van der Waals surface area (Å²) < 4.78 is 1.78. The molecule has 1 saturated heterocycles. The molecule has 1 aliphatic rings. The number of nitrogens with one attached hydrogen (secondary N) is 1. The second-order valence-corrected chi connectivity index (χ2v) is 6.17. The van der Waals surface area contributed by atoms with Crippen molar-refractivity contribution in [2.75, 3.05) is 13.1 Å². The van der Waals surface area contributed by atoms with Crippen LogP contribution >= 0.6 is 0 Å². The number of carbonyl (C=O) groups is 1. The van der Waals surface area contributed by atoms with Crippen LogP contribution in [0.15, 0.2) is 35.3 Å². The first-order chi connectivity index (χ1) is 11.5. The number of phenols is 1. The van der Waals surface area contributed by atoms with Crippen molar-refractivity contribution in [3.8, 4) is 11.4 Å². The third kappa shape index (κ3) is 5.01. The van der Waals surface area contributed by atoms with E-state index in [1.165, 1.54) is 12.3 Å². The maximum absolute atomic E-state index is 12.2. The molecule has 2 aromatic rings. The monoisotopic (exact) mass is 376 g/mol. The summed E-state index contributed by atoms with van der Waals surface area (Å²) in [6.07, 6.45) is 3.35. The molecule has 0 saturated carbocycles. The fourth-order valence-corrected chi connectivity index (χ4v) is 3.25. The van der Waals surface area contributed by atoms with Gasteiger partial charge in [-0.05, 0) is 50.1 Å². The van der Waals surface area contributed by atoms with Gasteiger partial charge in [0.25, 0.3) is 0 Å². The van der Waals surface area contributed by atoms with Gasteiger partial charge in [-0.2, -0.15) is 0 Å². The molecular weight excluding hydrogens is 354 g/mol. The molecule has 3 rings (SSSR count). The van der Waals surface area contributed by atoms with Crippen LogP contribution in [0.4, 0.5) is 0 Å². The van der Waals surface area contributed by atoms with Crippen molar-refractivity contribution in [3.05, 3.63) is 57.5 Å². The van der Waals surface area contributed by atoms with Crippen LogP contribution in [-0.2, 0) is 0 Å². The quantitative estimate of drug-likeness (QED) is 0.479. The summed E-state index contributed by atoms with van der Waals surface area (Å²) in [4.78, 5) is 23.6. The van der Waals surface area contributed by atoms with Crippen LogP contribution in [0.3, 0.4) is 0 Å². The summed E-state index contributed by atoms with van der Waals surface area (Å²) >= 11 is 0. The van der Waals surface area contributed by atoms with Crippen LogP contribution < -0.4 is 69.9 Å². The van der Waals surface area contributed by atoms with Gasteiger partial charge in [0.2, 0.25) is 0 Å². The molecule has 2 heterocycles. The number of pyridine rings is 1. The minimum atomic E-state index is -1.24. The molecule has 0 amide bonds. The molecule has 1 unspecified atom stereocenters. The van der Waals surface area contributed by atoms with E-state index in [2.05, 4.69) is 5.32 Å². The van der Waals surface area contributed by atoms with Crippen molar-refractivity contribution in [2.45, 2.75) is 25.7 Å². The van der Waals surface area contributed by atoms with Gasteiger partial charge in [-0.1, -0.05) is 0 Å². The van der Waals surface area contributed by atoms with Gasteiger partial charge >= 0.3 is 65.1 Å². The number of aryl methyl sites for hydroxylation is 1. The van der Waals surface area contributed by atoms with Gasteiger partial charge in [-0.3, -0.25) is 4.79 Å². The Balaban J connectivity index is 0. The predicted octanol–water partition coefficient (Wildman–Crippen LogP) is -3.75. The van der Waals surface area contributed by atoms with Gasteiger partial charge < -0.3 is 23.0 Å². The van der Waals surface area contributed by atoms with Gasteiger partial charge in [-0.25, -0.2) is 4.79 Å². The van der Waals surface area contributed by atoms with E-state index in [1.807, 2.05) is 6.92 Å². The smallest absolute Gasteiger partial charge is 1.00 e. The number of hydrogen-bond donors (Lipinski definition) is 3. The Morgan fingerprint density at radius 1 is 1.31 bits per heavy atom. The van der Waals surface area contributed by atoms with Crippen LogP contribution in [0.5, 0.6) is 5.75 Å². The molecule has 130 valence electrons. The molecule has 0 aliphatic carbocycles. The molecule has 1 aliphatic heterocycles. The van der Waals surface area contributed by atoms with Crippen molar-refractivity contribution in [2.24, 2.45) is 0 Å². The topological polar surface area (TPSA) is 91.6 Å². The van der Waals surface area contributed by atoms with Crippen LogP contribution in [0.25, 0.3) is 5.69 Å². The Labute approximate surface area is 199 Å². The zero-order valence-electron chi connectivity index (χ0n) is 17.5. The first-order valence-corrected chi connectivity index (χ1v) is 7.98. The summed E-state index contributed by atoms with van der Waals surface area (Å²) in [5, 5.41) is 22.2. The average molecular weight is 376 g/mol. The molecule has 0 spiro atoms. The molecule has 8 heteroatoms. The first-order valence-electron chi connectivity index (χ1n) is 7.98. The SMILES string of the molecule is Cc1cc(O)ccc1-n1cc(C(=O)O)c(=O)cc1C1CCCNC1.[H-].[H-].[Na+].[Na+]. The molecule has 1 aromatic heterocycles. The number of rotatable bonds is 3. The second kappa shape index (κ2) is 10.1. The number of hydrogen-bond acceptors (Lipinski definition) is 4. The van der Waals surface area contributed by atoms with Crippen LogP contribution in [0.2, 0.25) is 0 Å². The van der Waals surface area contributed by atoms with E-state index in [0.29, 0.717) is 0 Å². The van der Waals surface area contributed by atoms with Gasteiger partial charge in [0.15, 0.2) is 5.43 Å². The van der Waals surface area contributed by atoms with Gasteiger partial charge in [-0.15, -0.1) is 0 Å². The number of carboxylic acid groups (broad SMARTS) is 1. The van der Waals surface area contributed by atoms with Crippen LogP contribution in [0.1, 0.15) is 43.2 Å². The number of aromatic nitrogens is 1. The van der Waals surface area contributed by atoms with E-state index in [9.17, 15) is 19.8 Å². The largest absolute Gasteiger partial charge is 1.00 e. The number of aromatic hydroxyl groups is 1. The Kier molecular flexibility index (Phi) is 9.09. The number of aromatic carboxylic acids is 1.